The first kappa shape index (κ1) is 17.1. The van der Waals surface area contributed by atoms with Crippen LogP contribution in [0.4, 0.5) is 0 Å². The predicted molar refractivity (Wildman–Crippen MR) is 89.5 cm³/mol. The van der Waals surface area contributed by atoms with Crippen LogP contribution in [-0.4, -0.2) is 42.0 Å². The zero-order chi connectivity index (χ0) is 11.6. The summed E-state index contributed by atoms with van der Waals surface area (Å²) in [7, 11) is 0. The molecule has 5 heteroatoms. The molecule has 0 aromatic rings. The Balaban J connectivity index is 0.00000256. The molecule has 17 heavy (non-hydrogen) atoms. The van der Waals surface area contributed by atoms with Gasteiger partial charge in [0.05, 0.1) is 6.54 Å². The van der Waals surface area contributed by atoms with Crippen LogP contribution in [0.3, 0.4) is 0 Å². The predicted octanol–water partition coefficient (Wildman–Crippen LogP) is 2.71. The van der Waals surface area contributed by atoms with Gasteiger partial charge in [-0.3, -0.25) is 4.99 Å². The summed E-state index contributed by atoms with van der Waals surface area (Å²) in [6.45, 7) is 6.66. The van der Waals surface area contributed by atoms with Crippen molar-refractivity contribution in [2.75, 3.05) is 31.1 Å². The Morgan fingerprint density at radius 2 is 1.94 bits per heavy atom. The van der Waals surface area contributed by atoms with Crippen molar-refractivity contribution < 1.29 is 0 Å². The van der Waals surface area contributed by atoms with Crippen LogP contribution in [-0.2, 0) is 0 Å². The van der Waals surface area contributed by atoms with E-state index >= 15 is 0 Å². The standard InChI is InChI=1S/C12H23N3S.HI/c1-2-10-16-11-7-14-12(13)15-8-5-3-4-6-9-15;/h2H,1,3-11H2,(H2,13,14);1H. The molecule has 0 aromatic carbocycles. The maximum Gasteiger partial charge on any atom is 0.191 e. The highest BCUT2D eigenvalue weighted by Crippen LogP contribution is 2.09. The number of guanidine groups is 1. The zero-order valence-electron chi connectivity index (χ0n) is 10.4. The fourth-order valence-electron chi connectivity index (χ4n) is 1.79. The first-order valence-corrected chi connectivity index (χ1v) is 7.23. The van der Waals surface area contributed by atoms with E-state index in [2.05, 4.69) is 16.5 Å². The van der Waals surface area contributed by atoms with Gasteiger partial charge in [-0.2, -0.15) is 11.8 Å². The first-order chi connectivity index (χ1) is 7.84. The van der Waals surface area contributed by atoms with E-state index in [9.17, 15) is 0 Å². The fraction of sp³-hybridized carbons (Fsp3) is 0.750. The molecule has 0 radical (unpaired) electrons. The van der Waals surface area contributed by atoms with Gasteiger partial charge >= 0.3 is 0 Å². The molecule has 2 N–H and O–H groups in total. The molecule has 100 valence electrons. The molecule has 0 atom stereocenters. The molecule has 0 amide bonds. The second kappa shape index (κ2) is 11.2. The first-order valence-electron chi connectivity index (χ1n) is 6.08. The summed E-state index contributed by atoms with van der Waals surface area (Å²) in [6.07, 6.45) is 7.09. The van der Waals surface area contributed by atoms with Gasteiger partial charge in [0, 0.05) is 24.6 Å². The molecule has 1 heterocycles. The van der Waals surface area contributed by atoms with Gasteiger partial charge in [-0.15, -0.1) is 30.6 Å². The van der Waals surface area contributed by atoms with Gasteiger partial charge in [-0.25, -0.2) is 0 Å². The zero-order valence-corrected chi connectivity index (χ0v) is 13.6. The summed E-state index contributed by atoms with van der Waals surface area (Å²) in [5.41, 5.74) is 5.98. The number of rotatable bonds is 5. The second-order valence-electron chi connectivity index (χ2n) is 4.00. The number of hydrogen-bond donors (Lipinski definition) is 1. The van der Waals surface area contributed by atoms with Crippen molar-refractivity contribution in [1.29, 1.82) is 0 Å². The monoisotopic (exact) mass is 369 g/mol. The van der Waals surface area contributed by atoms with Crippen molar-refractivity contribution in [2.24, 2.45) is 10.7 Å². The average molecular weight is 369 g/mol. The molecule has 0 saturated carbocycles. The minimum Gasteiger partial charge on any atom is -0.370 e. The van der Waals surface area contributed by atoms with Gasteiger partial charge in [0.1, 0.15) is 0 Å². The number of thioether (sulfide) groups is 1. The molecule has 1 saturated heterocycles. The Bertz CT molecular complexity index is 226. The van der Waals surface area contributed by atoms with E-state index in [0.717, 1.165) is 37.1 Å². The molecule has 1 aliphatic rings. The van der Waals surface area contributed by atoms with Crippen LogP contribution < -0.4 is 5.73 Å². The summed E-state index contributed by atoms with van der Waals surface area (Å²) in [4.78, 5) is 6.65. The van der Waals surface area contributed by atoms with Gasteiger partial charge in [-0.05, 0) is 12.8 Å². The van der Waals surface area contributed by atoms with Crippen molar-refractivity contribution in [2.45, 2.75) is 25.7 Å². The van der Waals surface area contributed by atoms with Crippen LogP contribution >= 0.6 is 35.7 Å². The number of nitrogens with two attached hydrogens (primary N) is 1. The third kappa shape index (κ3) is 7.91. The lowest BCUT2D eigenvalue weighted by molar-refractivity contribution is 0.429. The maximum atomic E-state index is 5.98. The highest BCUT2D eigenvalue weighted by atomic mass is 127. The molecular formula is C12H24IN3S. The van der Waals surface area contributed by atoms with Crippen LogP contribution in [0.2, 0.25) is 0 Å². The summed E-state index contributed by atoms with van der Waals surface area (Å²) < 4.78 is 0. The third-order valence-electron chi connectivity index (χ3n) is 2.68. The van der Waals surface area contributed by atoms with Gasteiger partial charge in [-0.1, -0.05) is 18.9 Å². The molecule has 0 aliphatic carbocycles. The Morgan fingerprint density at radius 1 is 1.29 bits per heavy atom. The molecule has 0 bridgehead atoms. The van der Waals surface area contributed by atoms with Gasteiger partial charge < -0.3 is 10.6 Å². The molecular weight excluding hydrogens is 345 g/mol. The molecule has 0 unspecified atom stereocenters. The van der Waals surface area contributed by atoms with Crippen LogP contribution in [0, 0.1) is 0 Å². The van der Waals surface area contributed by atoms with Gasteiger partial charge in [0.2, 0.25) is 0 Å². The van der Waals surface area contributed by atoms with E-state index < -0.39 is 0 Å². The van der Waals surface area contributed by atoms with Crippen LogP contribution in [0.5, 0.6) is 0 Å². The Morgan fingerprint density at radius 3 is 2.53 bits per heavy atom. The fourth-order valence-corrected chi connectivity index (χ4v) is 2.34. The van der Waals surface area contributed by atoms with Crippen molar-refractivity contribution in [3.63, 3.8) is 0 Å². The van der Waals surface area contributed by atoms with Gasteiger partial charge in [0.15, 0.2) is 5.96 Å². The molecule has 1 aliphatic heterocycles. The third-order valence-corrected chi connectivity index (χ3v) is 3.62. The quantitative estimate of drug-likeness (QED) is 0.266. The van der Waals surface area contributed by atoms with E-state index in [4.69, 9.17) is 5.73 Å². The highest BCUT2D eigenvalue weighted by Gasteiger charge is 2.10. The highest BCUT2D eigenvalue weighted by molar-refractivity contribution is 14.0. The smallest absolute Gasteiger partial charge is 0.191 e. The van der Waals surface area contributed by atoms with Crippen LogP contribution in [0.1, 0.15) is 25.7 Å². The van der Waals surface area contributed by atoms with Crippen LogP contribution in [0.25, 0.3) is 0 Å². The number of halogens is 1. The minimum atomic E-state index is 0. The molecule has 1 rings (SSSR count). The maximum absolute atomic E-state index is 5.98. The molecule has 0 spiro atoms. The number of nitrogens with zero attached hydrogens (tertiary/aromatic N) is 2. The van der Waals surface area contributed by atoms with E-state index in [0.29, 0.717) is 0 Å². The summed E-state index contributed by atoms with van der Waals surface area (Å²) in [6, 6.07) is 0. The molecule has 3 nitrogen and oxygen atoms in total. The largest absolute Gasteiger partial charge is 0.370 e. The topological polar surface area (TPSA) is 41.6 Å². The second-order valence-corrected chi connectivity index (χ2v) is 5.15. The lowest BCUT2D eigenvalue weighted by Gasteiger charge is -2.20. The summed E-state index contributed by atoms with van der Waals surface area (Å²) in [5.74, 6) is 2.76. The van der Waals surface area contributed by atoms with Crippen molar-refractivity contribution in [1.82, 2.24) is 4.90 Å². The lowest BCUT2D eigenvalue weighted by Crippen LogP contribution is -2.38. The van der Waals surface area contributed by atoms with Crippen molar-refractivity contribution in [3.05, 3.63) is 12.7 Å². The van der Waals surface area contributed by atoms with E-state index in [-0.39, 0.29) is 24.0 Å². The van der Waals surface area contributed by atoms with Crippen molar-refractivity contribution >= 4 is 41.7 Å². The lowest BCUT2D eigenvalue weighted by atomic mass is 10.2. The Kier molecular flexibility index (Phi) is 11.3. The average Bonchev–Trinajstić information content (AvgIpc) is 2.57. The molecule has 1 fully saturated rings. The normalized spacial score (nSPS) is 17.2. The molecule has 0 aromatic heterocycles. The minimum absolute atomic E-state index is 0. The Labute approximate surface area is 126 Å². The van der Waals surface area contributed by atoms with E-state index in [1.807, 2.05) is 17.8 Å². The summed E-state index contributed by atoms with van der Waals surface area (Å²) >= 11 is 1.85. The van der Waals surface area contributed by atoms with Crippen molar-refractivity contribution in [3.8, 4) is 0 Å². The van der Waals surface area contributed by atoms with Crippen LogP contribution in [0.15, 0.2) is 17.6 Å². The van der Waals surface area contributed by atoms with Gasteiger partial charge in [0.25, 0.3) is 0 Å². The Hall–Kier alpha value is 0.0900. The summed E-state index contributed by atoms with van der Waals surface area (Å²) in [5, 5.41) is 0. The number of aliphatic imine (C=N–C) groups is 1. The SMILES string of the molecule is C=CCSCCN=C(N)N1CCCCCC1.I. The van der Waals surface area contributed by atoms with E-state index in [1.165, 1.54) is 25.7 Å². The number of hydrogen-bond acceptors (Lipinski definition) is 2. The van der Waals surface area contributed by atoms with E-state index in [1.54, 1.807) is 0 Å². The number of likely N-dealkylation sites (tertiary alicyclic amines) is 1.